The number of hydrogen-bond donors (Lipinski definition) is 1. The highest BCUT2D eigenvalue weighted by Gasteiger charge is 2.36. The van der Waals surface area contributed by atoms with E-state index in [-0.39, 0.29) is 35.1 Å². The predicted octanol–water partition coefficient (Wildman–Crippen LogP) is 7.09. The van der Waals surface area contributed by atoms with Gasteiger partial charge in [0.15, 0.2) is 5.82 Å². The third-order valence-corrected chi connectivity index (χ3v) is 6.85. The van der Waals surface area contributed by atoms with Gasteiger partial charge in [0, 0.05) is 36.0 Å². The summed E-state index contributed by atoms with van der Waals surface area (Å²) in [4.78, 5) is 22.8. The second-order valence-corrected chi connectivity index (χ2v) is 10.9. The van der Waals surface area contributed by atoms with Gasteiger partial charge in [-0.2, -0.15) is 0 Å². The number of anilines is 2. The molecule has 1 amide bonds. The van der Waals surface area contributed by atoms with Crippen molar-refractivity contribution in [3.8, 4) is 11.5 Å². The van der Waals surface area contributed by atoms with E-state index >= 15 is 4.39 Å². The molecule has 208 valence electrons. The fourth-order valence-corrected chi connectivity index (χ4v) is 4.67. The van der Waals surface area contributed by atoms with Gasteiger partial charge in [-0.3, -0.25) is 0 Å². The van der Waals surface area contributed by atoms with E-state index < -0.39 is 11.4 Å². The van der Waals surface area contributed by atoms with Crippen molar-refractivity contribution in [2.24, 2.45) is 0 Å². The summed E-state index contributed by atoms with van der Waals surface area (Å²) < 4.78 is 32.2. The molecule has 3 aromatic carbocycles. The Morgan fingerprint density at radius 2 is 1.85 bits per heavy atom. The molecule has 40 heavy (non-hydrogen) atoms. The number of carbonyl (C=O) groups excluding carboxylic acids is 1. The van der Waals surface area contributed by atoms with E-state index in [1.165, 1.54) is 6.33 Å². The molecule has 1 aromatic heterocycles. The highest BCUT2D eigenvalue weighted by atomic mass is 35.5. The van der Waals surface area contributed by atoms with Crippen LogP contribution in [0.2, 0.25) is 5.02 Å². The average molecular weight is 565 g/mol. The van der Waals surface area contributed by atoms with Crippen LogP contribution in [-0.4, -0.2) is 46.8 Å². The second-order valence-electron chi connectivity index (χ2n) is 10.6. The first-order valence-electron chi connectivity index (χ1n) is 12.8. The number of aromatic nitrogens is 2. The number of ether oxygens (including phenoxy) is 3. The fourth-order valence-electron chi connectivity index (χ4n) is 4.45. The minimum absolute atomic E-state index is 0.0344. The summed E-state index contributed by atoms with van der Waals surface area (Å²) in [6.45, 7) is 6.75. The lowest BCUT2D eigenvalue weighted by molar-refractivity contribution is 0.00801. The number of methoxy groups -OCH3 is 1. The van der Waals surface area contributed by atoms with Gasteiger partial charge in [0.05, 0.1) is 18.3 Å². The number of nitrogens with zero attached hydrogens (tertiary/aromatic N) is 3. The Balaban J connectivity index is 1.37. The minimum Gasteiger partial charge on any atom is -0.496 e. The lowest BCUT2D eigenvalue weighted by Gasteiger charge is -2.40. The van der Waals surface area contributed by atoms with Crippen molar-refractivity contribution in [1.29, 1.82) is 0 Å². The van der Waals surface area contributed by atoms with Gasteiger partial charge in [0.2, 0.25) is 0 Å². The number of hydrogen-bond acceptors (Lipinski definition) is 7. The molecule has 0 atom stereocenters. The van der Waals surface area contributed by atoms with Crippen molar-refractivity contribution in [3.05, 3.63) is 82.9 Å². The maximum Gasteiger partial charge on any atom is 0.410 e. The van der Waals surface area contributed by atoms with Gasteiger partial charge in [-0.05, 0) is 44.5 Å². The zero-order valence-corrected chi connectivity index (χ0v) is 23.5. The summed E-state index contributed by atoms with van der Waals surface area (Å²) >= 11 is 6.33. The summed E-state index contributed by atoms with van der Waals surface area (Å²) in [7, 11) is 1.59. The molecule has 10 heteroatoms. The minimum atomic E-state index is -0.653. The summed E-state index contributed by atoms with van der Waals surface area (Å²) in [6, 6.07) is 16.5. The molecule has 0 unspecified atom stereocenters. The maximum atomic E-state index is 15.3. The summed E-state index contributed by atoms with van der Waals surface area (Å²) in [5.41, 5.74) is 2.05. The van der Waals surface area contributed by atoms with Crippen molar-refractivity contribution < 1.29 is 23.4 Å². The maximum absolute atomic E-state index is 15.3. The smallest absolute Gasteiger partial charge is 0.410 e. The van der Waals surface area contributed by atoms with Crippen LogP contribution in [0.3, 0.4) is 0 Å². The van der Waals surface area contributed by atoms with Crippen molar-refractivity contribution in [1.82, 2.24) is 14.9 Å². The monoisotopic (exact) mass is 564 g/mol. The molecular weight excluding hydrogens is 535 g/mol. The van der Waals surface area contributed by atoms with E-state index in [9.17, 15) is 4.79 Å². The number of halogens is 2. The lowest BCUT2D eigenvalue weighted by atomic mass is 9.90. The largest absolute Gasteiger partial charge is 0.496 e. The fraction of sp³-hybridized carbons (Fsp3) is 0.300. The van der Waals surface area contributed by atoms with Crippen LogP contribution in [0.25, 0.3) is 10.9 Å². The third-order valence-electron chi connectivity index (χ3n) is 6.50. The van der Waals surface area contributed by atoms with Gasteiger partial charge in [-0.1, -0.05) is 41.9 Å². The van der Waals surface area contributed by atoms with Crippen molar-refractivity contribution in [2.75, 3.05) is 25.5 Å². The van der Waals surface area contributed by atoms with E-state index in [4.69, 9.17) is 25.8 Å². The van der Waals surface area contributed by atoms with Gasteiger partial charge in [-0.15, -0.1) is 0 Å². The van der Waals surface area contributed by atoms with Crippen LogP contribution in [0.5, 0.6) is 11.5 Å². The van der Waals surface area contributed by atoms with Crippen LogP contribution in [-0.2, 0) is 11.3 Å². The second kappa shape index (κ2) is 11.2. The lowest BCUT2D eigenvalue weighted by Crippen LogP contribution is -2.50. The third kappa shape index (κ3) is 5.89. The Bertz CT molecular complexity index is 1540. The molecule has 8 nitrogen and oxygen atoms in total. The first kappa shape index (κ1) is 27.5. The number of nitrogens with one attached hydrogen (secondary N) is 1. The number of carbonyl (C=O) groups is 1. The molecule has 4 aromatic rings. The number of fused-ring (bicyclic) bond motifs is 1. The van der Waals surface area contributed by atoms with Crippen LogP contribution in [0, 0.1) is 5.82 Å². The van der Waals surface area contributed by atoms with Crippen molar-refractivity contribution in [2.45, 2.75) is 38.9 Å². The van der Waals surface area contributed by atoms with E-state index in [1.54, 1.807) is 24.1 Å². The first-order chi connectivity index (χ1) is 19.1. The highest BCUT2D eigenvalue weighted by molar-refractivity contribution is 6.32. The SMILES string of the molecule is COc1cc2ncnc(Nc3ccc(OCc4ccccc4)c(Cl)c3F)c2cc1C1CN(C(=O)OC(C)(C)C)C1. The van der Waals surface area contributed by atoms with Crippen molar-refractivity contribution in [3.63, 3.8) is 0 Å². The molecule has 0 spiro atoms. The quantitative estimate of drug-likeness (QED) is 0.256. The molecule has 0 saturated carbocycles. The molecule has 1 fully saturated rings. The van der Waals surface area contributed by atoms with Crippen LogP contribution in [0.4, 0.5) is 20.7 Å². The molecule has 1 saturated heterocycles. The van der Waals surface area contributed by atoms with Gasteiger partial charge < -0.3 is 24.4 Å². The Hall–Kier alpha value is -4.11. The molecule has 1 N–H and O–H groups in total. The van der Waals surface area contributed by atoms with Crippen LogP contribution in [0.15, 0.2) is 60.9 Å². The van der Waals surface area contributed by atoms with E-state index in [1.807, 2.05) is 63.2 Å². The van der Waals surface area contributed by atoms with Gasteiger partial charge >= 0.3 is 6.09 Å². The number of benzene rings is 3. The number of likely N-dealkylation sites (tertiary alicyclic amines) is 1. The number of amides is 1. The van der Waals surface area contributed by atoms with Crippen LogP contribution < -0.4 is 14.8 Å². The zero-order valence-electron chi connectivity index (χ0n) is 22.7. The standard InChI is InChI=1S/C30H30ClFN4O4/c1-30(2,3)40-29(37)36-14-19(15-36)20-12-21-23(13-25(20)38-4)33-17-34-28(21)35-22-10-11-24(26(31)27(22)32)39-16-18-8-6-5-7-9-18/h5-13,17,19H,14-16H2,1-4H3,(H,33,34,35). The number of rotatable bonds is 7. The normalized spacial score (nSPS) is 13.6. The summed E-state index contributed by atoms with van der Waals surface area (Å²) in [5.74, 6) is 0.685. The summed E-state index contributed by atoms with van der Waals surface area (Å²) in [6.07, 6.45) is 1.05. The molecule has 0 bridgehead atoms. The zero-order chi connectivity index (χ0) is 28.4. The van der Waals surface area contributed by atoms with Crippen molar-refractivity contribution >= 4 is 40.1 Å². The Labute approximate surface area is 237 Å². The van der Waals surface area contributed by atoms with Crippen LogP contribution in [0.1, 0.15) is 37.8 Å². The van der Waals surface area contributed by atoms with E-state index in [2.05, 4.69) is 15.3 Å². The Morgan fingerprint density at radius 3 is 2.55 bits per heavy atom. The molecular formula is C30H30ClFN4O4. The van der Waals surface area contributed by atoms with Gasteiger partial charge in [0.1, 0.15) is 40.9 Å². The molecule has 0 aliphatic carbocycles. The topological polar surface area (TPSA) is 85.8 Å². The molecule has 5 rings (SSSR count). The predicted molar refractivity (Wildman–Crippen MR) is 152 cm³/mol. The Kier molecular flexibility index (Phi) is 7.67. The van der Waals surface area contributed by atoms with Crippen LogP contribution >= 0.6 is 11.6 Å². The van der Waals surface area contributed by atoms with Gasteiger partial charge in [-0.25, -0.2) is 19.2 Å². The van der Waals surface area contributed by atoms with E-state index in [0.29, 0.717) is 35.6 Å². The molecule has 1 aliphatic rings. The van der Waals surface area contributed by atoms with Gasteiger partial charge in [0.25, 0.3) is 0 Å². The molecule has 2 heterocycles. The summed E-state index contributed by atoms with van der Waals surface area (Å²) in [5, 5.41) is 3.61. The highest BCUT2D eigenvalue weighted by Crippen LogP contribution is 2.39. The average Bonchev–Trinajstić information content (AvgIpc) is 2.89. The first-order valence-corrected chi connectivity index (χ1v) is 13.2. The molecule has 1 aliphatic heterocycles. The van der Waals surface area contributed by atoms with E-state index in [0.717, 1.165) is 11.1 Å². The Morgan fingerprint density at radius 1 is 1.10 bits per heavy atom. The molecule has 0 radical (unpaired) electrons.